The van der Waals surface area contributed by atoms with Gasteiger partial charge in [0.1, 0.15) is 13.2 Å². The zero-order chi connectivity index (χ0) is 59.9. The van der Waals surface area contributed by atoms with E-state index in [-0.39, 0.29) is 37.5 Å². The second kappa shape index (κ2) is 69.0. The van der Waals surface area contributed by atoms with Crippen LogP contribution in [0.25, 0.3) is 0 Å². The Morgan fingerprint density at radius 1 is 0.253 bits per heavy atom. The van der Waals surface area contributed by atoms with E-state index in [0.717, 1.165) is 161 Å². The average Bonchev–Trinajstić information content (AvgIpc) is 3.49. The van der Waals surface area contributed by atoms with Crippen LogP contribution in [0.5, 0.6) is 0 Å². The van der Waals surface area contributed by atoms with Crippen LogP contribution >= 0.6 is 0 Å². The van der Waals surface area contributed by atoms with E-state index in [2.05, 4.69) is 203 Å². The molecule has 0 saturated carbocycles. The van der Waals surface area contributed by atoms with Crippen molar-refractivity contribution in [1.82, 2.24) is 0 Å². The number of hydrogen-bond donors (Lipinski definition) is 0. The van der Waals surface area contributed by atoms with E-state index in [0.29, 0.717) is 19.3 Å². The van der Waals surface area contributed by atoms with Crippen LogP contribution in [-0.2, 0) is 28.6 Å². The minimum absolute atomic E-state index is 0.104. The number of hydrogen-bond acceptors (Lipinski definition) is 6. The van der Waals surface area contributed by atoms with Gasteiger partial charge in [0.2, 0.25) is 0 Å². The lowest BCUT2D eigenvalue weighted by Gasteiger charge is -2.18. The smallest absolute Gasteiger partial charge is 0.306 e. The second-order valence-corrected chi connectivity index (χ2v) is 21.3. The van der Waals surface area contributed by atoms with Gasteiger partial charge in [0, 0.05) is 19.3 Å². The molecule has 6 heteroatoms. The molecule has 0 N–H and O–H groups in total. The third-order valence-corrected chi connectivity index (χ3v) is 13.4. The van der Waals surface area contributed by atoms with Crippen molar-refractivity contribution in [2.75, 3.05) is 13.2 Å². The first-order valence-corrected chi connectivity index (χ1v) is 33.3. The molecule has 0 bridgehead atoms. The van der Waals surface area contributed by atoms with Crippen molar-refractivity contribution in [3.8, 4) is 0 Å². The number of unbranched alkanes of at least 4 members (excludes halogenated alkanes) is 17. The van der Waals surface area contributed by atoms with Crippen molar-refractivity contribution in [3.05, 3.63) is 182 Å². The molecule has 6 nitrogen and oxygen atoms in total. The maximum absolute atomic E-state index is 12.8. The summed E-state index contributed by atoms with van der Waals surface area (Å²) in [6, 6.07) is 0. The Hall–Kier alpha value is -5.49. The fourth-order valence-corrected chi connectivity index (χ4v) is 8.50. The van der Waals surface area contributed by atoms with Gasteiger partial charge in [-0.25, -0.2) is 0 Å². The molecular weight excluding hydrogens is 1020 g/mol. The highest BCUT2D eigenvalue weighted by atomic mass is 16.6. The first kappa shape index (κ1) is 77.5. The molecule has 0 aromatic carbocycles. The fraction of sp³-hybridized carbons (Fsp3) is 0.571. The molecule has 0 aromatic rings. The minimum atomic E-state index is -0.809. The molecule has 0 radical (unpaired) electrons. The lowest BCUT2D eigenvalue weighted by molar-refractivity contribution is -0.167. The molecule has 83 heavy (non-hydrogen) atoms. The van der Waals surface area contributed by atoms with Crippen LogP contribution in [0.4, 0.5) is 0 Å². The largest absolute Gasteiger partial charge is 0.462 e. The molecule has 0 fully saturated rings. The molecule has 0 aliphatic carbocycles. The molecule has 0 aliphatic rings. The van der Waals surface area contributed by atoms with Gasteiger partial charge in [0.05, 0.1) is 0 Å². The van der Waals surface area contributed by atoms with Crippen LogP contribution in [0.1, 0.15) is 265 Å². The van der Waals surface area contributed by atoms with E-state index in [4.69, 9.17) is 14.2 Å². The van der Waals surface area contributed by atoms with E-state index in [1.54, 1.807) is 0 Å². The number of carbonyl (C=O) groups excluding carboxylic acids is 3. The fourth-order valence-electron chi connectivity index (χ4n) is 8.50. The number of carbonyl (C=O) groups is 3. The third-order valence-electron chi connectivity index (χ3n) is 13.4. The van der Waals surface area contributed by atoms with Crippen LogP contribution in [-0.4, -0.2) is 37.2 Å². The Kier molecular flexibility index (Phi) is 64.4. The Morgan fingerprint density at radius 2 is 0.470 bits per heavy atom. The molecule has 464 valence electrons. The first-order valence-electron chi connectivity index (χ1n) is 33.3. The summed E-state index contributed by atoms with van der Waals surface area (Å²) >= 11 is 0. The summed E-state index contributed by atoms with van der Waals surface area (Å²) in [5.41, 5.74) is 0. The van der Waals surface area contributed by atoms with Gasteiger partial charge in [-0.3, -0.25) is 14.4 Å². The summed E-state index contributed by atoms with van der Waals surface area (Å²) in [6.45, 7) is 6.28. The first-order chi connectivity index (χ1) is 41.0. The van der Waals surface area contributed by atoms with Crippen molar-refractivity contribution in [3.63, 3.8) is 0 Å². The Bertz CT molecular complexity index is 1940. The summed E-state index contributed by atoms with van der Waals surface area (Å²) in [5.74, 6) is -0.972. The van der Waals surface area contributed by atoms with Crippen LogP contribution in [0.2, 0.25) is 0 Å². The van der Waals surface area contributed by atoms with Gasteiger partial charge >= 0.3 is 17.9 Å². The van der Waals surface area contributed by atoms with Crippen molar-refractivity contribution in [2.45, 2.75) is 271 Å². The second-order valence-electron chi connectivity index (χ2n) is 21.3. The predicted molar refractivity (Wildman–Crippen MR) is 361 cm³/mol. The number of ether oxygens (including phenoxy) is 3. The SMILES string of the molecule is CC/C=C\C/C=C\C/C=C\C/C=C\C/C=C\C/C=C\C/C=C\C/C=C\CCCCC(=O)OC(COC(=O)CCCCCCC)COC(=O)CCCCCCCCCCCCC/C=C\C/C=C\C/C=C\C/C=C\C/C=C\C/C=C\C/C=C\CC. The zero-order valence-corrected chi connectivity index (χ0v) is 53.1. The quantitative estimate of drug-likeness (QED) is 0.0261. The van der Waals surface area contributed by atoms with Crippen LogP contribution < -0.4 is 0 Å². The molecule has 0 heterocycles. The number of esters is 3. The van der Waals surface area contributed by atoms with Crippen molar-refractivity contribution >= 4 is 17.9 Å². The Morgan fingerprint density at radius 3 is 0.759 bits per heavy atom. The third kappa shape index (κ3) is 67.2. The van der Waals surface area contributed by atoms with Gasteiger partial charge in [-0.2, -0.15) is 0 Å². The molecule has 0 saturated heterocycles. The van der Waals surface area contributed by atoms with Crippen LogP contribution in [0.3, 0.4) is 0 Å². The van der Waals surface area contributed by atoms with Gasteiger partial charge in [-0.05, 0) is 141 Å². The highest BCUT2D eigenvalue weighted by Crippen LogP contribution is 2.14. The van der Waals surface area contributed by atoms with Crippen molar-refractivity contribution in [1.29, 1.82) is 0 Å². The van der Waals surface area contributed by atoms with Gasteiger partial charge in [-0.15, -0.1) is 0 Å². The summed E-state index contributed by atoms with van der Waals surface area (Å²) in [6.07, 6.45) is 104. The maximum Gasteiger partial charge on any atom is 0.306 e. The normalized spacial score (nSPS) is 13.3. The molecule has 0 rings (SSSR count). The van der Waals surface area contributed by atoms with Gasteiger partial charge in [-0.1, -0.05) is 287 Å². The monoisotopic (exact) mass is 1140 g/mol. The minimum Gasteiger partial charge on any atom is -0.462 e. The number of rotatable bonds is 58. The van der Waals surface area contributed by atoms with Crippen LogP contribution in [0.15, 0.2) is 182 Å². The molecule has 1 atom stereocenters. The summed E-state index contributed by atoms with van der Waals surface area (Å²) < 4.78 is 16.7. The molecule has 0 spiro atoms. The summed E-state index contributed by atoms with van der Waals surface area (Å²) in [4.78, 5) is 38.0. The van der Waals surface area contributed by atoms with Gasteiger partial charge < -0.3 is 14.2 Å². The highest BCUT2D eigenvalue weighted by Gasteiger charge is 2.19. The highest BCUT2D eigenvalue weighted by molar-refractivity contribution is 5.71. The van der Waals surface area contributed by atoms with E-state index in [1.165, 1.54) is 57.8 Å². The summed E-state index contributed by atoms with van der Waals surface area (Å²) in [5, 5.41) is 0. The van der Waals surface area contributed by atoms with E-state index >= 15 is 0 Å². The van der Waals surface area contributed by atoms with Crippen molar-refractivity contribution in [2.24, 2.45) is 0 Å². The average molecular weight is 1140 g/mol. The van der Waals surface area contributed by atoms with Gasteiger partial charge in [0.25, 0.3) is 0 Å². The predicted octanol–water partition coefficient (Wildman–Crippen LogP) is 23.2. The maximum atomic E-state index is 12.8. The van der Waals surface area contributed by atoms with E-state index in [9.17, 15) is 14.4 Å². The van der Waals surface area contributed by atoms with E-state index < -0.39 is 6.10 Å². The molecule has 0 amide bonds. The van der Waals surface area contributed by atoms with Gasteiger partial charge in [0.15, 0.2) is 6.10 Å². The lowest BCUT2D eigenvalue weighted by atomic mass is 10.0. The molecular formula is C77H120O6. The topological polar surface area (TPSA) is 78.9 Å². The Labute approximate surface area is 510 Å². The Balaban J connectivity index is 4.15. The van der Waals surface area contributed by atoms with E-state index in [1.807, 2.05) is 0 Å². The van der Waals surface area contributed by atoms with Crippen LogP contribution in [0, 0.1) is 0 Å². The lowest BCUT2D eigenvalue weighted by Crippen LogP contribution is -2.30. The molecule has 1 unspecified atom stereocenters. The standard InChI is InChI=1S/C77H120O6/c1-4-7-10-13-15-17-19-21-23-25-27-29-31-33-35-36-37-38-39-40-42-43-45-47-49-51-53-55-57-59-61-64-67-70-76(79)82-73-74(72-81-75(78)69-66-63-12-9-6-3)83-77(80)71-68-65-62-60-58-56-54-52-50-48-46-44-41-34-32-30-28-26-24-22-20-18-16-14-11-8-5-2/h7-8,10-11,15-18,21-24,27-30,33-35,37-38,40-42,46,48,52,54,58,60,74H,4-6,9,12-14,19-20,25-26,31-32,36,39,43-45,47,49-51,53,55-57,59,61-73H2,1-3H3/b10-7-,11-8-,17-15-,18-16-,23-21-,24-22-,29-27-,30-28-,35-33-,38-37-,41-34-,42-40-,48-46-,54-52-,60-58-. The number of allylic oxidation sites excluding steroid dienone is 30. The molecule has 0 aromatic heterocycles. The molecule has 0 aliphatic heterocycles. The zero-order valence-electron chi connectivity index (χ0n) is 53.1. The van der Waals surface area contributed by atoms with Crippen molar-refractivity contribution < 1.29 is 28.6 Å². The summed E-state index contributed by atoms with van der Waals surface area (Å²) in [7, 11) is 0.